The standard InChI is InChI=1S/C12H18ClN3O2/c1-2-4-10(14)11(17)15-7-8-18-12-9(13)5-3-6-16-12/h3,5-6,10H,2,4,7-8,14H2,1H3,(H,15,17). The van der Waals surface area contributed by atoms with E-state index in [-0.39, 0.29) is 5.91 Å². The highest BCUT2D eigenvalue weighted by atomic mass is 35.5. The number of aromatic nitrogens is 1. The van der Waals surface area contributed by atoms with E-state index in [4.69, 9.17) is 22.1 Å². The smallest absolute Gasteiger partial charge is 0.237 e. The van der Waals surface area contributed by atoms with Crippen molar-refractivity contribution in [3.8, 4) is 5.88 Å². The van der Waals surface area contributed by atoms with Crippen molar-refractivity contribution in [1.82, 2.24) is 10.3 Å². The second-order valence-electron chi connectivity index (χ2n) is 3.83. The summed E-state index contributed by atoms with van der Waals surface area (Å²) in [4.78, 5) is 15.4. The highest BCUT2D eigenvalue weighted by molar-refractivity contribution is 6.31. The molecule has 0 radical (unpaired) electrons. The van der Waals surface area contributed by atoms with Crippen LogP contribution in [0.25, 0.3) is 0 Å². The number of nitrogens with one attached hydrogen (secondary N) is 1. The van der Waals surface area contributed by atoms with Gasteiger partial charge in [0.05, 0.1) is 12.6 Å². The summed E-state index contributed by atoms with van der Waals surface area (Å²) >= 11 is 5.86. The van der Waals surface area contributed by atoms with Gasteiger partial charge in [-0.3, -0.25) is 4.79 Å². The van der Waals surface area contributed by atoms with E-state index in [1.54, 1.807) is 18.3 Å². The normalized spacial score (nSPS) is 11.9. The summed E-state index contributed by atoms with van der Waals surface area (Å²) in [5.41, 5.74) is 5.66. The molecule has 0 aliphatic rings. The first-order chi connectivity index (χ1) is 8.65. The van der Waals surface area contributed by atoms with Gasteiger partial charge >= 0.3 is 0 Å². The highest BCUT2D eigenvalue weighted by Crippen LogP contribution is 2.19. The fourth-order valence-corrected chi connectivity index (χ4v) is 1.55. The summed E-state index contributed by atoms with van der Waals surface area (Å²) in [6.45, 7) is 2.67. The van der Waals surface area contributed by atoms with Crippen LogP contribution < -0.4 is 15.8 Å². The van der Waals surface area contributed by atoms with Crippen LogP contribution in [0.4, 0.5) is 0 Å². The molecule has 0 aliphatic heterocycles. The van der Waals surface area contributed by atoms with Crippen LogP contribution >= 0.6 is 11.6 Å². The Kier molecular flexibility index (Phi) is 6.46. The maximum absolute atomic E-state index is 11.5. The zero-order chi connectivity index (χ0) is 13.4. The summed E-state index contributed by atoms with van der Waals surface area (Å²) in [6.07, 6.45) is 3.16. The number of ether oxygens (including phenoxy) is 1. The van der Waals surface area contributed by atoms with Crippen LogP contribution in [0.2, 0.25) is 5.02 Å². The van der Waals surface area contributed by atoms with E-state index in [0.29, 0.717) is 30.5 Å². The lowest BCUT2D eigenvalue weighted by Crippen LogP contribution is -2.41. The Bertz CT molecular complexity index is 387. The van der Waals surface area contributed by atoms with Gasteiger partial charge in [0, 0.05) is 6.20 Å². The van der Waals surface area contributed by atoms with Crippen molar-refractivity contribution in [2.24, 2.45) is 5.73 Å². The van der Waals surface area contributed by atoms with Crippen molar-refractivity contribution in [3.05, 3.63) is 23.4 Å². The van der Waals surface area contributed by atoms with Gasteiger partial charge in [-0.15, -0.1) is 0 Å². The highest BCUT2D eigenvalue weighted by Gasteiger charge is 2.11. The number of carbonyl (C=O) groups excluding carboxylic acids is 1. The minimum Gasteiger partial charge on any atom is -0.475 e. The minimum absolute atomic E-state index is 0.160. The Balaban J connectivity index is 2.23. The number of carbonyl (C=O) groups is 1. The van der Waals surface area contributed by atoms with E-state index >= 15 is 0 Å². The molecule has 6 heteroatoms. The molecule has 0 spiro atoms. The number of pyridine rings is 1. The van der Waals surface area contributed by atoms with Crippen molar-refractivity contribution in [2.45, 2.75) is 25.8 Å². The van der Waals surface area contributed by atoms with Gasteiger partial charge in [-0.05, 0) is 18.6 Å². The summed E-state index contributed by atoms with van der Waals surface area (Å²) < 4.78 is 5.33. The molecule has 1 heterocycles. The number of rotatable bonds is 7. The molecule has 0 saturated heterocycles. The van der Waals surface area contributed by atoms with Crippen molar-refractivity contribution >= 4 is 17.5 Å². The summed E-state index contributed by atoms with van der Waals surface area (Å²) in [5.74, 6) is 0.207. The van der Waals surface area contributed by atoms with Crippen LogP contribution in [0.15, 0.2) is 18.3 Å². The SMILES string of the molecule is CCCC(N)C(=O)NCCOc1ncccc1Cl. The van der Waals surface area contributed by atoms with Crippen molar-refractivity contribution < 1.29 is 9.53 Å². The second kappa shape index (κ2) is 7.89. The summed E-state index contributed by atoms with van der Waals surface area (Å²) in [7, 11) is 0. The van der Waals surface area contributed by atoms with Crippen molar-refractivity contribution in [1.29, 1.82) is 0 Å². The lowest BCUT2D eigenvalue weighted by atomic mass is 10.2. The summed E-state index contributed by atoms with van der Waals surface area (Å²) in [5, 5.41) is 3.15. The largest absolute Gasteiger partial charge is 0.475 e. The molecule has 1 unspecified atom stereocenters. The van der Waals surface area contributed by atoms with Crippen molar-refractivity contribution in [2.75, 3.05) is 13.2 Å². The van der Waals surface area contributed by atoms with Gasteiger partial charge in [0.2, 0.25) is 11.8 Å². The Morgan fingerprint density at radius 2 is 2.44 bits per heavy atom. The van der Waals surface area contributed by atoms with E-state index < -0.39 is 6.04 Å². The van der Waals surface area contributed by atoms with Gasteiger partial charge in [0.25, 0.3) is 0 Å². The van der Waals surface area contributed by atoms with E-state index in [9.17, 15) is 4.79 Å². The van der Waals surface area contributed by atoms with Crippen LogP contribution in [0, 0.1) is 0 Å². The molecule has 0 fully saturated rings. The fraction of sp³-hybridized carbons (Fsp3) is 0.500. The first-order valence-electron chi connectivity index (χ1n) is 5.91. The van der Waals surface area contributed by atoms with E-state index in [0.717, 1.165) is 6.42 Å². The Morgan fingerprint density at radius 3 is 3.11 bits per heavy atom. The second-order valence-corrected chi connectivity index (χ2v) is 4.23. The third kappa shape index (κ3) is 4.89. The van der Waals surface area contributed by atoms with Crippen LogP contribution in [-0.4, -0.2) is 30.1 Å². The average molecular weight is 272 g/mol. The molecule has 0 aromatic carbocycles. The van der Waals surface area contributed by atoms with Gasteiger partial charge in [0.15, 0.2) is 0 Å². The Labute approximate surface area is 112 Å². The molecule has 0 saturated carbocycles. The van der Waals surface area contributed by atoms with Gasteiger partial charge in [-0.2, -0.15) is 0 Å². The van der Waals surface area contributed by atoms with E-state index in [1.165, 1.54) is 0 Å². The van der Waals surface area contributed by atoms with Gasteiger partial charge in [0.1, 0.15) is 11.6 Å². The quantitative estimate of drug-likeness (QED) is 0.734. The molecule has 1 atom stereocenters. The predicted molar refractivity (Wildman–Crippen MR) is 70.6 cm³/mol. The van der Waals surface area contributed by atoms with Crippen molar-refractivity contribution in [3.63, 3.8) is 0 Å². The van der Waals surface area contributed by atoms with E-state index in [1.807, 2.05) is 6.92 Å². The lowest BCUT2D eigenvalue weighted by Gasteiger charge is -2.11. The zero-order valence-electron chi connectivity index (χ0n) is 10.4. The third-order valence-electron chi connectivity index (χ3n) is 2.30. The molecule has 5 nitrogen and oxygen atoms in total. The number of amides is 1. The number of nitrogens with two attached hydrogens (primary N) is 1. The molecule has 1 amide bonds. The van der Waals surface area contributed by atoms with Gasteiger partial charge < -0.3 is 15.8 Å². The Hall–Kier alpha value is -1.33. The lowest BCUT2D eigenvalue weighted by molar-refractivity contribution is -0.122. The maximum atomic E-state index is 11.5. The first kappa shape index (κ1) is 14.7. The number of hydrogen-bond donors (Lipinski definition) is 2. The third-order valence-corrected chi connectivity index (χ3v) is 2.59. The predicted octanol–water partition coefficient (Wildman–Crippen LogP) is 1.36. The molecule has 100 valence electrons. The Morgan fingerprint density at radius 1 is 1.67 bits per heavy atom. The average Bonchev–Trinajstić information content (AvgIpc) is 2.36. The van der Waals surface area contributed by atoms with Crippen LogP contribution in [-0.2, 0) is 4.79 Å². The minimum atomic E-state index is -0.451. The molecule has 0 bridgehead atoms. The van der Waals surface area contributed by atoms with Gasteiger partial charge in [-0.1, -0.05) is 24.9 Å². The summed E-state index contributed by atoms with van der Waals surface area (Å²) in [6, 6.07) is 2.97. The number of nitrogens with zero attached hydrogens (tertiary/aromatic N) is 1. The zero-order valence-corrected chi connectivity index (χ0v) is 11.1. The van der Waals surface area contributed by atoms with Crippen LogP contribution in [0.5, 0.6) is 5.88 Å². The molecular formula is C12H18ClN3O2. The monoisotopic (exact) mass is 271 g/mol. The molecule has 1 aromatic heterocycles. The topological polar surface area (TPSA) is 77.2 Å². The molecule has 1 rings (SSSR count). The molecule has 1 aromatic rings. The van der Waals surface area contributed by atoms with Gasteiger partial charge in [-0.25, -0.2) is 4.98 Å². The van der Waals surface area contributed by atoms with E-state index in [2.05, 4.69) is 10.3 Å². The molecule has 18 heavy (non-hydrogen) atoms. The maximum Gasteiger partial charge on any atom is 0.237 e. The fourth-order valence-electron chi connectivity index (χ4n) is 1.37. The molecule has 3 N–H and O–H groups in total. The first-order valence-corrected chi connectivity index (χ1v) is 6.29. The van der Waals surface area contributed by atoms with Crippen LogP contribution in [0.3, 0.4) is 0 Å². The number of halogens is 1. The molecule has 0 aliphatic carbocycles. The van der Waals surface area contributed by atoms with Crippen LogP contribution in [0.1, 0.15) is 19.8 Å². The molecular weight excluding hydrogens is 254 g/mol. The number of hydrogen-bond acceptors (Lipinski definition) is 4.